The molecule has 1 aliphatic heterocycles. The number of likely N-dealkylation sites (N-methyl/N-ethyl adjacent to an activating group) is 1. The normalized spacial score (nSPS) is 24.5. The summed E-state index contributed by atoms with van der Waals surface area (Å²) < 4.78 is 63.3. The van der Waals surface area contributed by atoms with Crippen molar-refractivity contribution < 1.29 is 31.8 Å². The molecule has 1 saturated heterocycles. The van der Waals surface area contributed by atoms with E-state index in [-0.39, 0.29) is 23.1 Å². The van der Waals surface area contributed by atoms with Crippen molar-refractivity contribution >= 4 is 11.7 Å². The second kappa shape index (κ2) is 9.56. The van der Waals surface area contributed by atoms with Crippen molar-refractivity contribution in [3.8, 4) is 11.5 Å². The second-order valence-corrected chi connectivity index (χ2v) is 9.38. The number of nitrogens with one attached hydrogen (secondary N) is 2. The molecule has 4 rings (SSSR count). The highest BCUT2D eigenvalue weighted by Gasteiger charge is 2.50. The molecule has 2 fully saturated rings. The number of hydrogen-bond acceptors (Lipinski definition) is 4. The Balaban J connectivity index is 1.46. The van der Waals surface area contributed by atoms with Gasteiger partial charge in [-0.1, -0.05) is 6.07 Å². The van der Waals surface area contributed by atoms with Gasteiger partial charge in [-0.2, -0.15) is 13.2 Å². The van der Waals surface area contributed by atoms with E-state index in [0.717, 1.165) is 32.0 Å². The molecule has 0 bridgehead atoms. The third-order valence-corrected chi connectivity index (χ3v) is 7.20. The van der Waals surface area contributed by atoms with Crippen LogP contribution in [-0.2, 0) is 11.6 Å². The number of methoxy groups -OCH3 is 2. The van der Waals surface area contributed by atoms with Crippen molar-refractivity contribution in [1.29, 1.82) is 0 Å². The van der Waals surface area contributed by atoms with Gasteiger partial charge >= 0.3 is 12.2 Å². The molecular formula is C25H29F4N3O3. The summed E-state index contributed by atoms with van der Waals surface area (Å²) in [5, 5.41) is 5.30. The fraction of sp³-hybridized carbons (Fsp3) is 0.480. The molecule has 10 heteroatoms. The molecule has 3 atom stereocenters. The Labute approximate surface area is 201 Å². The maximum absolute atomic E-state index is 13.5. The van der Waals surface area contributed by atoms with Gasteiger partial charge in [-0.25, -0.2) is 9.18 Å². The number of amides is 2. The van der Waals surface area contributed by atoms with Crippen LogP contribution < -0.4 is 20.1 Å². The fourth-order valence-corrected chi connectivity index (χ4v) is 5.62. The quantitative estimate of drug-likeness (QED) is 0.571. The van der Waals surface area contributed by atoms with Crippen LogP contribution in [0.4, 0.5) is 28.0 Å². The van der Waals surface area contributed by atoms with Crippen molar-refractivity contribution in [3.63, 3.8) is 0 Å². The molecular weight excluding hydrogens is 466 g/mol. The van der Waals surface area contributed by atoms with E-state index in [1.54, 1.807) is 14.2 Å². The predicted molar refractivity (Wildman–Crippen MR) is 123 cm³/mol. The van der Waals surface area contributed by atoms with E-state index >= 15 is 0 Å². The van der Waals surface area contributed by atoms with Crippen molar-refractivity contribution in [3.05, 3.63) is 53.3 Å². The van der Waals surface area contributed by atoms with Gasteiger partial charge in [-0.15, -0.1) is 0 Å². The Morgan fingerprint density at radius 3 is 2.54 bits per heavy atom. The van der Waals surface area contributed by atoms with E-state index in [1.165, 1.54) is 5.56 Å². The number of halogens is 4. The molecule has 0 aromatic heterocycles. The molecule has 0 radical (unpaired) electrons. The molecule has 2 aromatic carbocycles. The first-order valence-electron chi connectivity index (χ1n) is 11.4. The van der Waals surface area contributed by atoms with E-state index < -0.39 is 23.6 Å². The number of anilines is 1. The number of likely N-dealkylation sites (tertiary alicyclic amines) is 1. The lowest BCUT2D eigenvalue weighted by molar-refractivity contribution is -0.139. The minimum Gasteiger partial charge on any atom is -0.493 e. The number of urea groups is 1. The van der Waals surface area contributed by atoms with Gasteiger partial charge in [0, 0.05) is 30.2 Å². The van der Waals surface area contributed by atoms with Gasteiger partial charge in [-0.3, -0.25) is 0 Å². The molecule has 2 amide bonds. The van der Waals surface area contributed by atoms with Gasteiger partial charge in [0.05, 0.1) is 19.8 Å². The highest BCUT2D eigenvalue weighted by Crippen LogP contribution is 2.49. The first-order chi connectivity index (χ1) is 16.6. The Hall–Kier alpha value is -3.01. The summed E-state index contributed by atoms with van der Waals surface area (Å²) >= 11 is 0. The maximum atomic E-state index is 13.5. The highest BCUT2D eigenvalue weighted by molar-refractivity contribution is 5.89. The second-order valence-electron chi connectivity index (χ2n) is 9.38. The number of alkyl halides is 3. The first kappa shape index (κ1) is 25.1. The number of fused-ring (bicyclic) bond motifs is 1. The van der Waals surface area contributed by atoms with Crippen LogP contribution in [0.25, 0.3) is 0 Å². The predicted octanol–water partition coefficient (Wildman–Crippen LogP) is 5.04. The van der Waals surface area contributed by atoms with Crippen LogP contribution in [0, 0.1) is 11.7 Å². The Morgan fingerprint density at radius 1 is 1.11 bits per heavy atom. The van der Waals surface area contributed by atoms with Gasteiger partial charge in [0.25, 0.3) is 0 Å². The summed E-state index contributed by atoms with van der Waals surface area (Å²) in [6.07, 6.45) is -2.58. The van der Waals surface area contributed by atoms with Crippen LogP contribution in [-0.4, -0.2) is 51.3 Å². The van der Waals surface area contributed by atoms with Crippen molar-refractivity contribution in [2.75, 3.05) is 39.7 Å². The smallest absolute Gasteiger partial charge is 0.419 e. The summed E-state index contributed by atoms with van der Waals surface area (Å²) in [7, 11) is 5.28. The fourth-order valence-electron chi connectivity index (χ4n) is 5.62. The number of carbonyl (C=O) groups excluding carboxylic acids is 1. The largest absolute Gasteiger partial charge is 0.493 e. The molecule has 1 aliphatic carbocycles. The number of nitrogens with zero attached hydrogens (tertiary/aromatic N) is 1. The topological polar surface area (TPSA) is 62.8 Å². The van der Waals surface area contributed by atoms with Gasteiger partial charge in [0.1, 0.15) is 5.82 Å². The minimum absolute atomic E-state index is 0.0957. The number of ether oxygens (including phenoxy) is 2. The Morgan fingerprint density at radius 2 is 1.86 bits per heavy atom. The molecule has 2 aromatic rings. The van der Waals surface area contributed by atoms with E-state index in [0.29, 0.717) is 30.1 Å². The number of rotatable bonds is 5. The van der Waals surface area contributed by atoms with Crippen molar-refractivity contribution in [2.45, 2.75) is 36.9 Å². The van der Waals surface area contributed by atoms with Crippen molar-refractivity contribution in [1.82, 2.24) is 10.2 Å². The molecule has 1 saturated carbocycles. The third kappa shape index (κ3) is 5.03. The van der Waals surface area contributed by atoms with Gasteiger partial charge in [0.2, 0.25) is 0 Å². The number of hydrogen-bond donors (Lipinski definition) is 2. The lowest BCUT2D eigenvalue weighted by Crippen LogP contribution is -2.48. The third-order valence-electron chi connectivity index (χ3n) is 7.20. The number of benzene rings is 2. The molecule has 0 unspecified atom stereocenters. The van der Waals surface area contributed by atoms with Gasteiger partial charge in [-0.05, 0) is 68.1 Å². The maximum Gasteiger partial charge on any atom is 0.419 e. The van der Waals surface area contributed by atoms with Crippen LogP contribution >= 0.6 is 0 Å². The molecule has 6 nitrogen and oxygen atoms in total. The van der Waals surface area contributed by atoms with Crippen LogP contribution in [0.15, 0.2) is 36.4 Å². The van der Waals surface area contributed by atoms with Crippen molar-refractivity contribution in [2.24, 2.45) is 5.92 Å². The minimum atomic E-state index is -4.84. The summed E-state index contributed by atoms with van der Waals surface area (Å²) in [6, 6.07) is 7.67. The standard InChI is InChI=1S/C25H29F4N3O3/c1-32-13-16-10-18(31-23(33)30-17-5-6-20(26)19(12-17)25(27,28)29)8-9-24(16,14-32)15-4-7-21(34-2)22(11-15)35-3/h4-7,11-12,16,18H,8-10,13-14H2,1-3H3,(H2,30,31,33)/t16-,18-,24+/m0/s1. The van der Waals surface area contributed by atoms with Crippen LogP contribution in [0.3, 0.4) is 0 Å². The van der Waals surface area contributed by atoms with Crippen LogP contribution in [0.5, 0.6) is 11.5 Å². The summed E-state index contributed by atoms with van der Waals surface area (Å²) in [4.78, 5) is 14.8. The lowest BCUT2D eigenvalue weighted by atomic mass is 9.63. The molecule has 1 heterocycles. The lowest BCUT2D eigenvalue weighted by Gasteiger charge is -2.42. The SMILES string of the molecule is COc1ccc([C@]23CC[C@H](NC(=O)Nc4ccc(F)c(C(F)(F)F)c4)C[C@H]2CN(C)C3)cc1OC. The highest BCUT2D eigenvalue weighted by atomic mass is 19.4. The average Bonchev–Trinajstić information content (AvgIpc) is 3.15. The zero-order valence-corrected chi connectivity index (χ0v) is 19.8. The molecule has 0 spiro atoms. The monoisotopic (exact) mass is 495 g/mol. The van der Waals surface area contributed by atoms with E-state index in [9.17, 15) is 22.4 Å². The summed E-state index contributed by atoms with van der Waals surface area (Å²) in [5.41, 5.74) is -0.464. The molecule has 35 heavy (non-hydrogen) atoms. The molecule has 2 aliphatic rings. The molecule has 2 N–H and O–H groups in total. The van der Waals surface area contributed by atoms with E-state index in [1.807, 2.05) is 12.1 Å². The van der Waals surface area contributed by atoms with E-state index in [4.69, 9.17) is 9.47 Å². The van der Waals surface area contributed by atoms with Gasteiger partial charge < -0.3 is 25.0 Å². The van der Waals surface area contributed by atoms with Crippen LogP contribution in [0.1, 0.15) is 30.4 Å². The zero-order chi connectivity index (χ0) is 25.4. The Bertz CT molecular complexity index is 1090. The van der Waals surface area contributed by atoms with Crippen LogP contribution in [0.2, 0.25) is 0 Å². The summed E-state index contributed by atoms with van der Waals surface area (Å²) in [6.45, 7) is 1.74. The average molecular weight is 496 g/mol. The summed E-state index contributed by atoms with van der Waals surface area (Å²) in [5.74, 6) is 0.224. The molecule has 190 valence electrons. The first-order valence-corrected chi connectivity index (χ1v) is 11.4. The Kier molecular flexibility index (Phi) is 6.86. The number of carbonyl (C=O) groups is 1. The van der Waals surface area contributed by atoms with Gasteiger partial charge in [0.15, 0.2) is 11.5 Å². The van der Waals surface area contributed by atoms with E-state index in [2.05, 4.69) is 28.6 Å². The zero-order valence-electron chi connectivity index (χ0n) is 19.8.